The number of anilines is 1. The number of aromatic nitrogens is 1. The first kappa shape index (κ1) is 17.3. The van der Waals surface area contributed by atoms with Gasteiger partial charge in [-0.15, -0.1) is 11.3 Å². The lowest BCUT2D eigenvalue weighted by Gasteiger charge is -2.11. The molecular weight excluding hydrogens is 388 g/mol. The van der Waals surface area contributed by atoms with E-state index >= 15 is 0 Å². The molecule has 0 radical (unpaired) electrons. The maximum absolute atomic E-state index is 12.9. The van der Waals surface area contributed by atoms with Crippen LogP contribution >= 0.6 is 35.3 Å². The molecule has 1 saturated heterocycles. The molecule has 1 fully saturated rings. The summed E-state index contributed by atoms with van der Waals surface area (Å²) in [7, 11) is 7.05. The number of thiocarbonyl (C=S) groups is 1. The highest BCUT2D eigenvalue weighted by molar-refractivity contribution is 8.08. The number of thiazole rings is 1. The van der Waals surface area contributed by atoms with Gasteiger partial charge >= 0.3 is 0 Å². The van der Waals surface area contributed by atoms with Crippen molar-refractivity contribution in [2.24, 2.45) is 7.05 Å². The molecule has 6 nitrogen and oxygen atoms in total. The molecule has 0 spiro atoms. The number of hydrogen-bond acceptors (Lipinski definition) is 6. The van der Waals surface area contributed by atoms with Gasteiger partial charge in [-0.3, -0.25) is 14.5 Å². The Balaban J connectivity index is 2.01. The molecule has 0 N–H and O–H groups in total. The number of carbonyl (C=O) groups is 1. The number of likely N-dealkylation sites (N-methyl/N-ethyl adjacent to an activating group) is 2. The molecule has 9 heteroatoms. The zero-order valence-electron chi connectivity index (χ0n) is 14.6. The van der Waals surface area contributed by atoms with E-state index in [1.54, 1.807) is 37.8 Å². The summed E-state index contributed by atoms with van der Waals surface area (Å²) in [6.45, 7) is 0. The van der Waals surface area contributed by atoms with Crippen LogP contribution in [-0.4, -0.2) is 46.5 Å². The first-order valence-corrected chi connectivity index (χ1v) is 9.88. The third kappa shape index (κ3) is 2.27. The van der Waals surface area contributed by atoms with Crippen LogP contribution in [0.25, 0.3) is 10.7 Å². The molecule has 0 aliphatic carbocycles. The van der Waals surface area contributed by atoms with Gasteiger partial charge in [-0.2, -0.15) is 0 Å². The van der Waals surface area contributed by atoms with E-state index in [-0.39, 0.29) is 11.5 Å². The minimum Gasteiger partial charge on any atom is -0.337 e. The minimum atomic E-state index is -0.193. The summed E-state index contributed by atoms with van der Waals surface area (Å²) in [6.07, 6.45) is 0. The zero-order valence-corrected chi connectivity index (χ0v) is 17.1. The number of rotatable bonds is 0. The van der Waals surface area contributed by atoms with Crippen molar-refractivity contribution >= 4 is 62.7 Å². The predicted molar refractivity (Wildman–Crippen MR) is 109 cm³/mol. The van der Waals surface area contributed by atoms with Gasteiger partial charge in [0.05, 0.1) is 5.69 Å². The molecule has 2 aliphatic heterocycles. The number of nitrogens with zero attached hydrogens (tertiary/aromatic N) is 4. The summed E-state index contributed by atoms with van der Waals surface area (Å²) in [5.74, 6) is -0.193. The second-order valence-electron chi connectivity index (χ2n) is 6.09. The molecule has 4 rings (SSSR count). The van der Waals surface area contributed by atoms with Crippen molar-refractivity contribution in [3.05, 3.63) is 43.8 Å². The Kier molecular flexibility index (Phi) is 3.98. The third-order valence-corrected chi connectivity index (χ3v) is 7.70. The summed E-state index contributed by atoms with van der Waals surface area (Å²) >= 11 is 8.19. The summed E-state index contributed by atoms with van der Waals surface area (Å²) < 4.78 is 2.78. The Morgan fingerprint density at radius 3 is 2.27 bits per heavy atom. The van der Waals surface area contributed by atoms with Crippen LogP contribution in [0.2, 0.25) is 0 Å². The lowest BCUT2D eigenvalue weighted by atomic mass is 10.3. The Morgan fingerprint density at radius 1 is 0.962 bits per heavy atom. The molecule has 1 amide bonds. The molecule has 0 unspecified atom stereocenters. The molecular formula is C17H16N4O2S3. The van der Waals surface area contributed by atoms with E-state index in [0.717, 1.165) is 15.6 Å². The Labute approximate surface area is 163 Å². The number of benzene rings is 1. The maximum atomic E-state index is 12.9. The van der Waals surface area contributed by atoms with Gasteiger partial charge in [-0.05, 0) is 24.4 Å². The molecule has 1 aromatic carbocycles. The van der Waals surface area contributed by atoms with Crippen LogP contribution < -0.4 is 19.7 Å². The molecule has 2 aromatic rings. The molecule has 26 heavy (non-hydrogen) atoms. The van der Waals surface area contributed by atoms with E-state index in [1.165, 1.54) is 20.8 Å². The number of amides is 1. The van der Waals surface area contributed by atoms with Crippen LogP contribution in [0.3, 0.4) is 0 Å². The normalized spacial score (nSPS) is 21.2. The Morgan fingerprint density at radius 2 is 1.65 bits per heavy atom. The third-order valence-electron chi connectivity index (χ3n) is 4.55. The standard InChI is InChI=1S/C17H16N4O2S3/c1-18-9-7-5-6-8-10(9)25-16(18)12-14(23)20(3)15(26-12)11-13(22)21(4)17(24)19(11)2/h5-8H,1-4H3. The average Bonchev–Trinajstić information content (AvgIpc) is 3.18. The number of carbonyl (C=O) groups excluding carboxylic acids is 1. The van der Waals surface area contributed by atoms with Crippen molar-refractivity contribution in [2.45, 2.75) is 4.90 Å². The summed E-state index contributed by atoms with van der Waals surface area (Å²) in [4.78, 5) is 31.8. The largest absolute Gasteiger partial charge is 0.337 e. The fourth-order valence-electron chi connectivity index (χ4n) is 3.04. The first-order chi connectivity index (χ1) is 12.3. The summed E-state index contributed by atoms with van der Waals surface area (Å²) in [5, 5.41) is 1.31. The van der Waals surface area contributed by atoms with Crippen LogP contribution in [0.5, 0.6) is 0 Å². The molecule has 3 heterocycles. The van der Waals surface area contributed by atoms with Gasteiger partial charge < -0.3 is 14.4 Å². The van der Waals surface area contributed by atoms with Crippen molar-refractivity contribution in [1.82, 2.24) is 14.4 Å². The van der Waals surface area contributed by atoms with Crippen LogP contribution in [-0.2, 0) is 11.8 Å². The van der Waals surface area contributed by atoms with Crippen LogP contribution in [0, 0.1) is 0 Å². The monoisotopic (exact) mass is 404 g/mol. The van der Waals surface area contributed by atoms with Crippen LogP contribution in [0.15, 0.2) is 34.0 Å². The van der Waals surface area contributed by atoms with E-state index in [0.29, 0.717) is 20.0 Å². The predicted octanol–water partition coefficient (Wildman–Crippen LogP) is 0.551. The maximum Gasteiger partial charge on any atom is 0.279 e. The average molecular weight is 405 g/mol. The van der Waals surface area contributed by atoms with Gasteiger partial charge in [0.15, 0.2) is 5.11 Å². The lowest BCUT2D eigenvalue weighted by Crippen LogP contribution is -2.33. The topological polar surface area (TPSA) is 48.8 Å². The van der Waals surface area contributed by atoms with Gasteiger partial charge in [-0.1, -0.05) is 23.9 Å². The lowest BCUT2D eigenvalue weighted by molar-refractivity contribution is -0.120. The fourth-order valence-corrected chi connectivity index (χ4v) is 5.73. The van der Waals surface area contributed by atoms with Crippen molar-refractivity contribution in [1.29, 1.82) is 0 Å². The van der Waals surface area contributed by atoms with E-state index in [9.17, 15) is 9.59 Å². The zero-order chi connectivity index (χ0) is 18.7. The van der Waals surface area contributed by atoms with Gasteiger partial charge in [0.2, 0.25) is 0 Å². The van der Waals surface area contributed by atoms with Crippen LogP contribution in [0.1, 0.15) is 0 Å². The smallest absolute Gasteiger partial charge is 0.279 e. The van der Waals surface area contributed by atoms with Gasteiger partial charge in [0.25, 0.3) is 11.5 Å². The Bertz CT molecular complexity index is 1150. The van der Waals surface area contributed by atoms with Crippen molar-refractivity contribution in [3.8, 4) is 0 Å². The number of hydrogen-bond donors (Lipinski definition) is 0. The number of fused-ring (bicyclic) bond motifs is 1. The highest BCUT2D eigenvalue weighted by Gasteiger charge is 2.35. The van der Waals surface area contributed by atoms with Crippen molar-refractivity contribution < 1.29 is 4.79 Å². The van der Waals surface area contributed by atoms with E-state index in [1.807, 2.05) is 36.2 Å². The summed E-state index contributed by atoms with van der Waals surface area (Å²) in [6, 6.07) is 8.04. The molecule has 2 aliphatic rings. The molecule has 1 aromatic heterocycles. The van der Waals surface area contributed by atoms with Gasteiger partial charge in [-0.25, -0.2) is 0 Å². The van der Waals surface area contributed by atoms with E-state index < -0.39 is 0 Å². The highest BCUT2D eigenvalue weighted by atomic mass is 32.2. The second kappa shape index (κ2) is 5.97. The molecule has 134 valence electrons. The summed E-state index contributed by atoms with van der Waals surface area (Å²) in [5.41, 5.74) is 1.41. The number of thioether (sulfide) groups is 1. The van der Waals surface area contributed by atoms with E-state index in [2.05, 4.69) is 0 Å². The number of para-hydroxylation sites is 1. The van der Waals surface area contributed by atoms with Gasteiger partial charge in [0, 0.05) is 33.1 Å². The molecule has 0 atom stereocenters. The minimum absolute atomic E-state index is 0.110. The van der Waals surface area contributed by atoms with Crippen LogP contribution in [0.4, 0.5) is 5.69 Å². The quantitative estimate of drug-likeness (QED) is 0.598. The van der Waals surface area contributed by atoms with E-state index in [4.69, 9.17) is 12.2 Å². The Hall–Kier alpha value is -2.10. The second-order valence-corrected chi connectivity index (χ2v) is 8.48. The SMILES string of the molecule is CN1C(=O)C(=c2sc(=C3Sc4ccccc4N3C)c(=O)n2C)N(C)C1=S. The van der Waals surface area contributed by atoms with Crippen molar-refractivity contribution in [3.63, 3.8) is 0 Å². The first-order valence-electron chi connectivity index (χ1n) is 7.83. The van der Waals surface area contributed by atoms with Crippen molar-refractivity contribution in [2.75, 3.05) is 26.0 Å². The highest BCUT2D eigenvalue weighted by Crippen LogP contribution is 2.44. The van der Waals surface area contributed by atoms with Gasteiger partial charge in [0.1, 0.15) is 19.9 Å². The fraction of sp³-hybridized carbons (Fsp3) is 0.235. The molecule has 0 saturated carbocycles. The molecule has 0 bridgehead atoms.